The van der Waals surface area contributed by atoms with Gasteiger partial charge in [-0.05, 0) is 24.3 Å². The summed E-state index contributed by atoms with van der Waals surface area (Å²) in [7, 11) is -3.53. The summed E-state index contributed by atoms with van der Waals surface area (Å²) < 4.78 is 31.7. The first-order valence-electron chi connectivity index (χ1n) is 7.49. The predicted octanol–water partition coefficient (Wildman–Crippen LogP) is 1.59. The van der Waals surface area contributed by atoms with E-state index in [0.29, 0.717) is 5.75 Å². The van der Waals surface area contributed by atoms with Crippen molar-refractivity contribution in [3.63, 3.8) is 0 Å². The molecule has 1 aliphatic heterocycles. The minimum absolute atomic E-state index is 0.235. The molecule has 0 aliphatic carbocycles. The highest BCUT2D eigenvalue weighted by atomic mass is 32.2. The fourth-order valence-corrected chi connectivity index (χ4v) is 3.87. The van der Waals surface area contributed by atoms with Gasteiger partial charge in [0.1, 0.15) is 0 Å². The van der Waals surface area contributed by atoms with Crippen LogP contribution >= 0.6 is 0 Å². The molecule has 0 bridgehead atoms. The number of sulfonamides is 1. The van der Waals surface area contributed by atoms with Gasteiger partial charge in [-0.15, -0.1) is 0 Å². The minimum atomic E-state index is -3.53. The van der Waals surface area contributed by atoms with Gasteiger partial charge < -0.3 is 9.64 Å². The molecular weight excluding hydrogens is 330 g/mol. The van der Waals surface area contributed by atoms with Gasteiger partial charge in [-0.1, -0.05) is 18.2 Å². The molecule has 1 fully saturated rings. The lowest BCUT2D eigenvalue weighted by Crippen LogP contribution is -2.51. The van der Waals surface area contributed by atoms with E-state index in [1.54, 1.807) is 48.7 Å². The van der Waals surface area contributed by atoms with Crippen molar-refractivity contribution in [1.29, 1.82) is 0 Å². The Morgan fingerprint density at radius 1 is 1.00 bits per heavy atom. The topological polar surface area (TPSA) is 79.8 Å². The average molecular weight is 347 g/mol. The minimum Gasteiger partial charge on any atom is -0.409 e. The Balaban J connectivity index is 1.61. The van der Waals surface area contributed by atoms with E-state index < -0.39 is 16.1 Å². The molecule has 1 aliphatic rings. The Kier molecular flexibility index (Phi) is 4.77. The smallest absolute Gasteiger partial charge is 0.409 e. The number of piperazine rings is 1. The third-order valence-electron chi connectivity index (χ3n) is 3.72. The van der Waals surface area contributed by atoms with Crippen LogP contribution in [0.25, 0.3) is 0 Å². The Labute approximate surface area is 140 Å². The lowest BCUT2D eigenvalue weighted by atomic mass is 10.4. The van der Waals surface area contributed by atoms with Crippen molar-refractivity contribution in [2.75, 3.05) is 26.2 Å². The summed E-state index contributed by atoms with van der Waals surface area (Å²) >= 11 is 0. The second-order valence-corrected chi connectivity index (χ2v) is 7.20. The Bertz CT molecular complexity index is 789. The highest BCUT2D eigenvalue weighted by Crippen LogP contribution is 2.18. The highest BCUT2D eigenvalue weighted by molar-refractivity contribution is 7.89. The number of rotatable bonds is 3. The number of ether oxygens (including phenoxy) is 1. The van der Waals surface area contributed by atoms with E-state index in [0.717, 1.165) is 0 Å². The first kappa shape index (κ1) is 16.4. The summed E-state index contributed by atoms with van der Waals surface area (Å²) in [5, 5.41) is 0. The van der Waals surface area contributed by atoms with Crippen molar-refractivity contribution < 1.29 is 17.9 Å². The van der Waals surface area contributed by atoms with Crippen molar-refractivity contribution in [1.82, 2.24) is 14.2 Å². The van der Waals surface area contributed by atoms with Crippen molar-refractivity contribution in [2.24, 2.45) is 0 Å². The summed E-state index contributed by atoms with van der Waals surface area (Å²) in [6.07, 6.45) is 2.54. The van der Waals surface area contributed by atoms with Crippen LogP contribution in [0.15, 0.2) is 59.8 Å². The van der Waals surface area contributed by atoms with Gasteiger partial charge in [0, 0.05) is 32.4 Å². The van der Waals surface area contributed by atoms with Crippen molar-refractivity contribution in [3.8, 4) is 5.75 Å². The van der Waals surface area contributed by atoms with E-state index in [2.05, 4.69) is 4.98 Å². The maximum Gasteiger partial charge on any atom is 0.415 e. The van der Waals surface area contributed by atoms with Crippen LogP contribution in [0.5, 0.6) is 5.75 Å². The second-order valence-electron chi connectivity index (χ2n) is 5.26. The standard InChI is InChI=1S/C16H17N3O4S/c20-16(23-14-5-4-8-17-13-14)18-9-11-19(12-10-18)24(21,22)15-6-2-1-3-7-15/h1-8,13H,9-12H2. The van der Waals surface area contributed by atoms with Gasteiger partial charge in [0.2, 0.25) is 10.0 Å². The third-order valence-corrected chi connectivity index (χ3v) is 5.63. The molecule has 3 rings (SSSR count). The quantitative estimate of drug-likeness (QED) is 0.842. The van der Waals surface area contributed by atoms with Crippen LogP contribution in [0.3, 0.4) is 0 Å². The van der Waals surface area contributed by atoms with Gasteiger partial charge >= 0.3 is 6.09 Å². The molecule has 1 amide bonds. The number of hydrogen-bond acceptors (Lipinski definition) is 5. The summed E-state index contributed by atoms with van der Waals surface area (Å²) in [6.45, 7) is 1.04. The first-order chi connectivity index (χ1) is 11.6. The number of nitrogens with zero attached hydrogens (tertiary/aromatic N) is 3. The van der Waals surface area contributed by atoms with E-state index >= 15 is 0 Å². The normalized spacial score (nSPS) is 15.9. The van der Waals surface area contributed by atoms with E-state index in [-0.39, 0.29) is 31.1 Å². The lowest BCUT2D eigenvalue weighted by Gasteiger charge is -2.33. The summed E-state index contributed by atoms with van der Waals surface area (Å²) in [6, 6.07) is 11.6. The van der Waals surface area contributed by atoms with Crippen LogP contribution in [0.2, 0.25) is 0 Å². The van der Waals surface area contributed by atoms with Gasteiger partial charge in [0.25, 0.3) is 0 Å². The van der Waals surface area contributed by atoms with E-state index in [9.17, 15) is 13.2 Å². The molecule has 1 saturated heterocycles. The monoisotopic (exact) mass is 347 g/mol. The lowest BCUT2D eigenvalue weighted by molar-refractivity contribution is 0.132. The summed E-state index contributed by atoms with van der Waals surface area (Å²) in [5.41, 5.74) is 0. The van der Waals surface area contributed by atoms with Gasteiger partial charge in [-0.2, -0.15) is 4.31 Å². The molecule has 24 heavy (non-hydrogen) atoms. The zero-order valence-corrected chi connectivity index (χ0v) is 13.7. The number of carbonyl (C=O) groups excluding carboxylic acids is 1. The number of benzene rings is 1. The Morgan fingerprint density at radius 3 is 2.33 bits per heavy atom. The maximum absolute atomic E-state index is 12.5. The van der Waals surface area contributed by atoms with Crippen LogP contribution in [0.4, 0.5) is 4.79 Å². The number of pyridine rings is 1. The molecule has 1 aromatic carbocycles. The van der Waals surface area contributed by atoms with Gasteiger partial charge in [-0.3, -0.25) is 4.98 Å². The SMILES string of the molecule is O=C(Oc1cccnc1)N1CCN(S(=O)(=O)c2ccccc2)CC1. The van der Waals surface area contributed by atoms with Gasteiger partial charge in [0.05, 0.1) is 11.1 Å². The maximum atomic E-state index is 12.5. The van der Waals surface area contributed by atoms with E-state index in [1.807, 2.05) is 0 Å². The Hall–Kier alpha value is -2.45. The molecule has 0 N–H and O–H groups in total. The number of carbonyl (C=O) groups is 1. The molecule has 0 spiro atoms. The molecule has 1 aromatic heterocycles. The zero-order chi connectivity index (χ0) is 17.0. The Morgan fingerprint density at radius 2 is 1.71 bits per heavy atom. The van der Waals surface area contributed by atoms with Crippen molar-refractivity contribution >= 4 is 16.1 Å². The average Bonchev–Trinajstić information content (AvgIpc) is 2.63. The molecule has 0 atom stereocenters. The number of amides is 1. The van der Waals surface area contributed by atoms with Gasteiger partial charge in [-0.25, -0.2) is 13.2 Å². The van der Waals surface area contributed by atoms with Crippen LogP contribution in [-0.4, -0.2) is 54.9 Å². The number of aromatic nitrogens is 1. The van der Waals surface area contributed by atoms with Crippen molar-refractivity contribution in [3.05, 3.63) is 54.9 Å². The highest BCUT2D eigenvalue weighted by Gasteiger charge is 2.30. The van der Waals surface area contributed by atoms with Crippen molar-refractivity contribution in [2.45, 2.75) is 4.90 Å². The molecule has 0 unspecified atom stereocenters. The first-order valence-corrected chi connectivity index (χ1v) is 8.93. The predicted molar refractivity (Wildman–Crippen MR) is 87.0 cm³/mol. The molecule has 126 valence electrons. The largest absolute Gasteiger partial charge is 0.415 e. The molecule has 2 aromatic rings. The molecule has 0 radical (unpaired) electrons. The van der Waals surface area contributed by atoms with Crippen LogP contribution < -0.4 is 4.74 Å². The number of hydrogen-bond donors (Lipinski definition) is 0. The van der Waals surface area contributed by atoms with Crippen LogP contribution in [0.1, 0.15) is 0 Å². The molecular formula is C16H17N3O4S. The molecule has 0 saturated carbocycles. The van der Waals surface area contributed by atoms with Crippen LogP contribution in [-0.2, 0) is 10.0 Å². The molecule has 2 heterocycles. The van der Waals surface area contributed by atoms with Crippen LogP contribution in [0, 0.1) is 0 Å². The zero-order valence-electron chi connectivity index (χ0n) is 12.9. The second kappa shape index (κ2) is 6.98. The van der Waals surface area contributed by atoms with Gasteiger partial charge in [0.15, 0.2) is 5.75 Å². The fraction of sp³-hybridized carbons (Fsp3) is 0.250. The summed E-state index contributed by atoms with van der Waals surface area (Å²) in [5.74, 6) is 0.363. The van der Waals surface area contributed by atoms with E-state index in [1.165, 1.54) is 15.4 Å². The van der Waals surface area contributed by atoms with E-state index in [4.69, 9.17) is 4.74 Å². The molecule has 7 nitrogen and oxygen atoms in total. The molecule has 8 heteroatoms. The third kappa shape index (κ3) is 3.55. The summed E-state index contributed by atoms with van der Waals surface area (Å²) in [4.78, 5) is 17.7. The fourth-order valence-electron chi connectivity index (χ4n) is 2.43.